The number of ether oxygens (including phenoxy) is 1. The maximum Gasteiger partial charge on any atom is 0.239 e. The number of hydrogen-bond acceptors (Lipinski definition) is 3. The van der Waals surface area contributed by atoms with Gasteiger partial charge in [0.15, 0.2) is 0 Å². The molecule has 1 heterocycles. The summed E-state index contributed by atoms with van der Waals surface area (Å²) in [5.74, 6) is 1.11. The molecular weight excluding hydrogens is 276 g/mol. The second-order valence-corrected chi connectivity index (χ2v) is 6.20. The molecule has 1 aliphatic heterocycles. The average molecular weight is 305 g/mol. The van der Waals surface area contributed by atoms with E-state index in [1.165, 1.54) is 32.1 Å². The van der Waals surface area contributed by atoms with Crippen LogP contribution >= 0.6 is 12.4 Å². The van der Waals surface area contributed by atoms with Crippen LogP contribution in [0.5, 0.6) is 0 Å². The number of hydrogen-bond donors (Lipinski definition) is 1. The summed E-state index contributed by atoms with van der Waals surface area (Å²) in [6.45, 7) is 2.38. The highest BCUT2D eigenvalue weighted by atomic mass is 35.5. The summed E-state index contributed by atoms with van der Waals surface area (Å²) in [6.07, 6.45) is 8.37. The maximum absolute atomic E-state index is 12.4. The molecule has 20 heavy (non-hydrogen) atoms. The molecule has 1 amide bonds. The SMILES string of the molecule is CN(CC1CCCCC1)C(=O)C(N)C1CCOCC1.Cl. The summed E-state index contributed by atoms with van der Waals surface area (Å²) >= 11 is 0. The van der Waals surface area contributed by atoms with Gasteiger partial charge in [0.25, 0.3) is 0 Å². The Bertz CT molecular complexity index is 290. The molecule has 118 valence electrons. The molecule has 0 aromatic carbocycles. The lowest BCUT2D eigenvalue weighted by Crippen LogP contribution is -2.48. The van der Waals surface area contributed by atoms with Gasteiger partial charge in [-0.1, -0.05) is 19.3 Å². The molecule has 1 atom stereocenters. The van der Waals surface area contributed by atoms with Gasteiger partial charge in [-0.2, -0.15) is 0 Å². The van der Waals surface area contributed by atoms with E-state index in [-0.39, 0.29) is 24.4 Å². The van der Waals surface area contributed by atoms with Gasteiger partial charge in [0.1, 0.15) is 0 Å². The third-order valence-corrected chi connectivity index (χ3v) is 4.69. The lowest BCUT2D eigenvalue weighted by molar-refractivity contribution is -0.134. The number of carbonyl (C=O) groups excluding carboxylic acids is 1. The molecule has 2 N–H and O–H groups in total. The van der Waals surface area contributed by atoms with E-state index in [0.717, 1.165) is 32.6 Å². The number of halogens is 1. The van der Waals surface area contributed by atoms with Crippen molar-refractivity contribution in [1.82, 2.24) is 4.90 Å². The molecule has 0 radical (unpaired) electrons. The van der Waals surface area contributed by atoms with E-state index >= 15 is 0 Å². The topological polar surface area (TPSA) is 55.6 Å². The van der Waals surface area contributed by atoms with Crippen molar-refractivity contribution in [2.45, 2.75) is 51.0 Å². The van der Waals surface area contributed by atoms with Crippen molar-refractivity contribution in [2.75, 3.05) is 26.8 Å². The van der Waals surface area contributed by atoms with Crippen LogP contribution in [0.15, 0.2) is 0 Å². The number of amides is 1. The first-order valence-electron chi connectivity index (χ1n) is 7.77. The van der Waals surface area contributed by atoms with Crippen LogP contribution in [-0.4, -0.2) is 43.7 Å². The lowest BCUT2D eigenvalue weighted by atomic mass is 9.88. The van der Waals surface area contributed by atoms with Crippen molar-refractivity contribution < 1.29 is 9.53 Å². The molecule has 1 saturated heterocycles. The Hall–Kier alpha value is -0.320. The summed E-state index contributed by atoms with van der Waals surface area (Å²) in [6, 6.07) is -0.336. The zero-order valence-corrected chi connectivity index (χ0v) is 13.4. The summed E-state index contributed by atoms with van der Waals surface area (Å²) in [7, 11) is 1.91. The van der Waals surface area contributed by atoms with Crippen LogP contribution in [0.2, 0.25) is 0 Å². The third kappa shape index (κ3) is 4.90. The molecule has 1 saturated carbocycles. The highest BCUT2D eigenvalue weighted by Crippen LogP contribution is 2.25. The van der Waals surface area contributed by atoms with Gasteiger partial charge in [-0.25, -0.2) is 0 Å². The van der Waals surface area contributed by atoms with Gasteiger partial charge in [-0.15, -0.1) is 12.4 Å². The minimum atomic E-state index is -0.336. The Morgan fingerprint density at radius 1 is 1.20 bits per heavy atom. The normalized spacial score (nSPS) is 22.9. The minimum absolute atomic E-state index is 0. The third-order valence-electron chi connectivity index (χ3n) is 4.69. The number of carbonyl (C=O) groups is 1. The molecular formula is C15H29ClN2O2. The monoisotopic (exact) mass is 304 g/mol. The lowest BCUT2D eigenvalue weighted by Gasteiger charge is -2.32. The average Bonchev–Trinajstić information content (AvgIpc) is 2.47. The zero-order valence-electron chi connectivity index (χ0n) is 12.6. The molecule has 2 aliphatic rings. The Balaban J connectivity index is 0.00000200. The molecule has 1 aliphatic carbocycles. The van der Waals surface area contributed by atoms with E-state index in [1.54, 1.807) is 0 Å². The molecule has 0 bridgehead atoms. The Morgan fingerprint density at radius 3 is 2.40 bits per heavy atom. The first kappa shape index (κ1) is 17.7. The van der Waals surface area contributed by atoms with Crippen molar-refractivity contribution in [3.05, 3.63) is 0 Å². The number of rotatable bonds is 4. The van der Waals surface area contributed by atoms with E-state index in [4.69, 9.17) is 10.5 Å². The summed E-state index contributed by atoms with van der Waals surface area (Å²) < 4.78 is 5.33. The van der Waals surface area contributed by atoms with Gasteiger partial charge >= 0.3 is 0 Å². The maximum atomic E-state index is 12.4. The Morgan fingerprint density at radius 2 is 1.80 bits per heavy atom. The van der Waals surface area contributed by atoms with Crippen LogP contribution in [0, 0.1) is 11.8 Å². The van der Waals surface area contributed by atoms with Crippen LogP contribution in [-0.2, 0) is 9.53 Å². The van der Waals surface area contributed by atoms with Gasteiger partial charge in [0, 0.05) is 26.8 Å². The second-order valence-electron chi connectivity index (χ2n) is 6.20. The highest BCUT2D eigenvalue weighted by molar-refractivity contribution is 5.85. The van der Waals surface area contributed by atoms with Crippen molar-refractivity contribution in [1.29, 1.82) is 0 Å². The standard InChI is InChI=1S/C15H28N2O2.ClH/c1-17(11-12-5-3-2-4-6-12)15(18)14(16)13-7-9-19-10-8-13;/h12-14H,2-11,16H2,1H3;1H. The first-order chi connectivity index (χ1) is 9.18. The van der Waals surface area contributed by atoms with Crippen molar-refractivity contribution in [2.24, 2.45) is 17.6 Å². The smallest absolute Gasteiger partial charge is 0.239 e. The van der Waals surface area contributed by atoms with Gasteiger partial charge in [0.05, 0.1) is 6.04 Å². The molecule has 5 heteroatoms. The van der Waals surface area contributed by atoms with Gasteiger partial charge in [0.2, 0.25) is 5.91 Å². The largest absolute Gasteiger partial charge is 0.381 e. The van der Waals surface area contributed by atoms with E-state index in [9.17, 15) is 4.79 Å². The molecule has 2 fully saturated rings. The molecule has 0 aromatic heterocycles. The van der Waals surface area contributed by atoms with Crippen LogP contribution in [0.4, 0.5) is 0 Å². The predicted molar refractivity (Wildman–Crippen MR) is 83.0 cm³/mol. The summed E-state index contributed by atoms with van der Waals surface area (Å²) in [5.41, 5.74) is 6.15. The Labute approximate surface area is 128 Å². The van der Waals surface area contributed by atoms with Gasteiger partial charge in [-0.3, -0.25) is 4.79 Å². The van der Waals surface area contributed by atoms with Crippen molar-refractivity contribution in [3.63, 3.8) is 0 Å². The fraction of sp³-hybridized carbons (Fsp3) is 0.933. The molecule has 2 rings (SSSR count). The van der Waals surface area contributed by atoms with E-state index in [1.807, 2.05) is 11.9 Å². The van der Waals surface area contributed by atoms with E-state index in [0.29, 0.717) is 11.8 Å². The number of nitrogens with zero attached hydrogens (tertiary/aromatic N) is 1. The molecule has 1 unspecified atom stereocenters. The van der Waals surface area contributed by atoms with Crippen LogP contribution in [0.25, 0.3) is 0 Å². The quantitative estimate of drug-likeness (QED) is 0.866. The molecule has 0 spiro atoms. The van der Waals surface area contributed by atoms with Crippen LogP contribution < -0.4 is 5.73 Å². The fourth-order valence-corrected chi connectivity index (χ4v) is 3.38. The van der Waals surface area contributed by atoms with E-state index in [2.05, 4.69) is 0 Å². The zero-order chi connectivity index (χ0) is 13.7. The molecule has 4 nitrogen and oxygen atoms in total. The molecule has 0 aromatic rings. The summed E-state index contributed by atoms with van der Waals surface area (Å²) in [5, 5.41) is 0. The predicted octanol–water partition coefficient (Wildman–Crippen LogP) is 2.20. The highest BCUT2D eigenvalue weighted by Gasteiger charge is 2.29. The van der Waals surface area contributed by atoms with Crippen LogP contribution in [0.1, 0.15) is 44.9 Å². The number of nitrogens with two attached hydrogens (primary N) is 1. The van der Waals surface area contributed by atoms with Gasteiger partial charge in [-0.05, 0) is 37.5 Å². The Kier molecular flexibility index (Phi) is 7.85. The van der Waals surface area contributed by atoms with Crippen LogP contribution in [0.3, 0.4) is 0 Å². The van der Waals surface area contributed by atoms with Gasteiger partial charge < -0.3 is 15.4 Å². The summed E-state index contributed by atoms with van der Waals surface area (Å²) in [4.78, 5) is 14.2. The fourth-order valence-electron chi connectivity index (χ4n) is 3.38. The number of likely N-dealkylation sites (N-methyl/N-ethyl adjacent to an activating group) is 1. The minimum Gasteiger partial charge on any atom is -0.381 e. The second kappa shape index (κ2) is 8.85. The first-order valence-corrected chi connectivity index (χ1v) is 7.77. The van der Waals surface area contributed by atoms with E-state index < -0.39 is 0 Å². The van der Waals surface area contributed by atoms with Crippen molar-refractivity contribution >= 4 is 18.3 Å². The van der Waals surface area contributed by atoms with Crippen molar-refractivity contribution in [3.8, 4) is 0 Å².